The van der Waals surface area contributed by atoms with Crippen molar-refractivity contribution in [3.8, 4) is 5.75 Å². The highest BCUT2D eigenvalue weighted by Gasteiger charge is 2.32. The number of hydrogen-bond acceptors (Lipinski definition) is 6. The lowest BCUT2D eigenvalue weighted by atomic mass is 9.86. The number of rotatable bonds is 6. The molecule has 1 aliphatic rings. The predicted molar refractivity (Wildman–Crippen MR) is 122 cm³/mol. The van der Waals surface area contributed by atoms with E-state index in [4.69, 9.17) is 16.3 Å². The minimum atomic E-state index is -0.598. The molecule has 2 aromatic heterocycles. The topological polar surface area (TPSA) is 106 Å². The van der Waals surface area contributed by atoms with Crippen LogP contribution >= 0.6 is 11.6 Å². The summed E-state index contributed by atoms with van der Waals surface area (Å²) in [6.45, 7) is 0.409. The van der Waals surface area contributed by atoms with Crippen LogP contribution in [0.3, 0.4) is 0 Å². The van der Waals surface area contributed by atoms with E-state index in [2.05, 4.69) is 15.3 Å². The molecule has 0 bridgehead atoms. The van der Waals surface area contributed by atoms with Crippen molar-refractivity contribution < 1.29 is 14.6 Å². The van der Waals surface area contributed by atoms with Crippen LogP contribution in [-0.4, -0.2) is 44.1 Å². The Kier molecular flexibility index (Phi) is 6.72. The van der Waals surface area contributed by atoms with E-state index in [1.165, 1.54) is 23.3 Å². The number of benzene rings is 1. The summed E-state index contributed by atoms with van der Waals surface area (Å²) in [5.74, 6) is 0.197. The lowest BCUT2D eigenvalue weighted by Gasteiger charge is -2.28. The Balaban J connectivity index is 1.58. The number of carbonyl (C=O) groups is 1. The molecule has 0 spiro atoms. The third-order valence-corrected chi connectivity index (χ3v) is 6.39. The zero-order valence-corrected chi connectivity index (χ0v) is 18.5. The molecule has 0 radical (unpaired) electrons. The molecular weight excluding hydrogens is 432 g/mol. The summed E-state index contributed by atoms with van der Waals surface area (Å²) < 4.78 is 6.91. The average Bonchev–Trinajstić information content (AvgIpc) is 2.80. The Labute approximate surface area is 190 Å². The number of carbonyl (C=O) groups excluding carboxylic acids is 1. The minimum absolute atomic E-state index is 0.235. The number of alkyl halides is 1. The number of pyridine rings is 1. The summed E-state index contributed by atoms with van der Waals surface area (Å²) in [5.41, 5.74) is 1.47. The van der Waals surface area contributed by atoms with E-state index in [-0.39, 0.29) is 17.4 Å². The molecule has 1 aliphatic carbocycles. The first-order valence-corrected chi connectivity index (χ1v) is 11.0. The van der Waals surface area contributed by atoms with Crippen molar-refractivity contribution in [1.82, 2.24) is 14.5 Å². The quantitative estimate of drug-likeness (QED) is 0.552. The Bertz CT molecular complexity index is 1180. The number of nitrogens with one attached hydrogen (secondary N) is 1. The fourth-order valence-electron chi connectivity index (χ4n) is 4.08. The summed E-state index contributed by atoms with van der Waals surface area (Å²) in [6.07, 6.45) is 5.84. The number of nitrogens with zero attached hydrogens (tertiary/aromatic N) is 3. The number of para-hydroxylation sites is 1. The highest BCUT2D eigenvalue weighted by Crippen LogP contribution is 2.29. The van der Waals surface area contributed by atoms with Crippen molar-refractivity contribution >= 4 is 34.1 Å². The van der Waals surface area contributed by atoms with Gasteiger partial charge in [0, 0.05) is 12.5 Å². The number of hydrogen-bond donors (Lipinski definition) is 2. The number of halogens is 1. The maximum atomic E-state index is 13.2. The van der Waals surface area contributed by atoms with Gasteiger partial charge in [-0.3, -0.25) is 19.1 Å². The lowest BCUT2D eigenvalue weighted by molar-refractivity contribution is -0.121. The second kappa shape index (κ2) is 9.67. The molecule has 4 rings (SSSR count). The number of methoxy groups -OCH3 is 1. The Morgan fingerprint density at radius 3 is 2.91 bits per heavy atom. The number of aliphatic hydroxyl groups is 1. The number of anilines is 1. The highest BCUT2D eigenvalue weighted by atomic mass is 35.5. The number of aliphatic hydroxyl groups excluding tert-OH is 1. The van der Waals surface area contributed by atoms with Gasteiger partial charge in [-0.1, -0.05) is 18.2 Å². The zero-order chi connectivity index (χ0) is 22.7. The van der Waals surface area contributed by atoms with Crippen LogP contribution in [0.15, 0.2) is 47.8 Å². The molecule has 0 aliphatic heterocycles. The third-order valence-electron chi connectivity index (χ3n) is 5.92. The summed E-state index contributed by atoms with van der Waals surface area (Å²) in [6, 6.07) is 7.66. The molecule has 1 amide bonds. The fourth-order valence-corrected chi connectivity index (χ4v) is 4.42. The van der Waals surface area contributed by atoms with Crippen LogP contribution in [0.2, 0.25) is 0 Å². The molecule has 3 unspecified atom stereocenters. The van der Waals surface area contributed by atoms with Crippen molar-refractivity contribution in [3.63, 3.8) is 0 Å². The van der Waals surface area contributed by atoms with Gasteiger partial charge in [0.2, 0.25) is 5.91 Å². The van der Waals surface area contributed by atoms with E-state index in [0.717, 1.165) is 11.3 Å². The van der Waals surface area contributed by atoms with Crippen LogP contribution in [0.1, 0.15) is 24.8 Å². The standard InChI is InChI=1S/C23H25ClN4O4/c1-32-20-5-3-2-4-14(20)8-9-28-13-26-17-11-25-12-18(21(17)23(28)31)27-22(30)15-6-7-19(29)16(24)10-15/h2-5,11-13,15-16,19,29H,6-10H2,1H3,(H,27,30). The molecule has 8 nitrogen and oxygen atoms in total. The van der Waals surface area contributed by atoms with Crippen molar-refractivity contribution in [2.45, 2.75) is 43.7 Å². The van der Waals surface area contributed by atoms with Crippen LogP contribution < -0.4 is 15.6 Å². The number of amides is 1. The Hall–Kier alpha value is -2.97. The van der Waals surface area contributed by atoms with Crippen LogP contribution in [0.5, 0.6) is 5.75 Å². The van der Waals surface area contributed by atoms with Crippen LogP contribution in [0.25, 0.3) is 10.9 Å². The molecule has 32 heavy (non-hydrogen) atoms. The van der Waals surface area contributed by atoms with Crippen LogP contribution in [-0.2, 0) is 17.8 Å². The Morgan fingerprint density at radius 1 is 1.31 bits per heavy atom. The van der Waals surface area contributed by atoms with Gasteiger partial charge in [0.15, 0.2) is 0 Å². The second-order valence-corrected chi connectivity index (χ2v) is 8.53. The monoisotopic (exact) mass is 456 g/mol. The first-order chi connectivity index (χ1) is 15.5. The maximum absolute atomic E-state index is 13.2. The smallest absolute Gasteiger partial charge is 0.263 e. The molecule has 3 atom stereocenters. The van der Waals surface area contributed by atoms with Crippen molar-refractivity contribution in [2.75, 3.05) is 12.4 Å². The number of ether oxygens (including phenoxy) is 1. The van der Waals surface area contributed by atoms with Gasteiger partial charge < -0.3 is 15.2 Å². The summed E-state index contributed by atoms with van der Waals surface area (Å²) in [4.78, 5) is 34.5. The van der Waals surface area contributed by atoms with Crippen molar-refractivity contribution in [2.24, 2.45) is 5.92 Å². The molecule has 1 fully saturated rings. The molecule has 1 saturated carbocycles. The summed E-state index contributed by atoms with van der Waals surface area (Å²) in [5, 5.41) is 12.5. The summed E-state index contributed by atoms with van der Waals surface area (Å²) >= 11 is 6.14. The van der Waals surface area contributed by atoms with Crippen LogP contribution in [0, 0.1) is 5.92 Å². The van der Waals surface area contributed by atoms with Gasteiger partial charge in [-0.2, -0.15) is 0 Å². The normalized spacial score (nSPS) is 20.8. The molecular formula is C23H25ClN4O4. The van der Waals surface area contributed by atoms with Crippen molar-refractivity contribution in [3.05, 3.63) is 58.9 Å². The van der Waals surface area contributed by atoms with Crippen molar-refractivity contribution in [1.29, 1.82) is 0 Å². The number of fused-ring (bicyclic) bond motifs is 1. The molecule has 2 N–H and O–H groups in total. The number of aryl methyl sites for hydroxylation is 2. The fraction of sp³-hybridized carbons (Fsp3) is 0.391. The van der Waals surface area contributed by atoms with E-state index in [0.29, 0.717) is 48.8 Å². The average molecular weight is 457 g/mol. The molecule has 1 aromatic carbocycles. The zero-order valence-electron chi connectivity index (χ0n) is 17.7. The van der Waals surface area contributed by atoms with Gasteiger partial charge >= 0.3 is 0 Å². The lowest BCUT2D eigenvalue weighted by Crippen LogP contribution is -2.35. The van der Waals surface area contributed by atoms with E-state index < -0.39 is 11.5 Å². The van der Waals surface area contributed by atoms with E-state index in [1.54, 1.807) is 7.11 Å². The Morgan fingerprint density at radius 2 is 2.12 bits per heavy atom. The van der Waals surface area contributed by atoms with Gasteiger partial charge in [0.1, 0.15) is 5.75 Å². The summed E-state index contributed by atoms with van der Waals surface area (Å²) in [7, 11) is 1.62. The molecule has 2 heterocycles. The first kappa shape index (κ1) is 22.2. The number of aromatic nitrogens is 3. The highest BCUT2D eigenvalue weighted by molar-refractivity contribution is 6.21. The SMILES string of the molecule is COc1ccccc1CCn1cnc2cncc(NC(=O)C3CCC(O)C(Cl)C3)c2c1=O. The second-order valence-electron chi connectivity index (χ2n) is 7.97. The molecule has 9 heteroatoms. The largest absolute Gasteiger partial charge is 0.496 e. The third kappa shape index (κ3) is 4.61. The molecule has 0 saturated heterocycles. The predicted octanol–water partition coefficient (Wildman–Crippen LogP) is 2.75. The van der Waals surface area contributed by atoms with Gasteiger partial charge in [0.05, 0.1) is 53.9 Å². The molecule has 3 aromatic rings. The van der Waals surface area contributed by atoms with Gasteiger partial charge in [-0.05, 0) is 37.3 Å². The van der Waals surface area contributed by atoms with E-state index in [1.807, 2.05) is 24.3 Å². The first-order valence-electron chi connectivity index (χ1n) is 10.6. The van der Waals surface area contributed by atoms with Gasteiger partial charge in [-0.15, -0.1) is 11.6 Å². The maximum Gasteiger partial charge on any atom is 0.263 e. The minimum Gasteiger partial charge on any atom is -0.496 e. The molecule has 168 valence electrons. The van der Waals surface area contributed by atoms with Gasteiger partial charge in [0.25, 0.3) is 5.56 Å². The van der Waals surface area contributed by atoms with Gasteiger partial charge in [-0.25, -0.2) is 4.98 Å². The van der Waals surface area contributed by atoms with E-state index in [9.17, 15) is 14.7 Å². The van der Waals surface area contributed by atoms with Crippen LogP contribution in [0.4, 0.5) is 5.69 Å². The van der Waals surface area contributed by atoms with E-state index >= 15 is 0 Å².